The van der Waals surface area contributed by atoms with Crippen molar-refractivity contribution in [1.82, 2.24) is 9.62 Å². The van der Waals surface area contributed by atoms with Crippen molar-refractivity contribution in [2.75, 3.05) is 0 Å². The van der Waals surface area contributed by atoms with Gasteiger partial charge in [0.15, 0.2) is 0 Å². The molecule has 0 aliphatic carbocycles. The Morgan fingerprint density at radius 2 is 2.21 bits per heavy atom. The molecule has 2 atom stereocenters. The molecule has 152 valence electrons. The van der Waals surface area contributed by atoms with Gasteiger partial charge in [-0.15, -0.1) is 24.4 Å². The second-order valence-electron chi connectivity index (χ2n) is 6.56. The number of sulfonamides is 1. The van der Waals surface area contributed by atoms with Crippen LogP contribution in [0.15, 0.2) is 61.4 Å². The topological polar surface area (TPSA) is 92.0 Å². The van der Waals surface area contributed by atoms with E-state index in [1.54, 1.807) is 24.5 Å². The van der Waals surface area contributed by atoms with Crippen LogP contribution in [-0.4, -0.2) is 36.5 Å². The van der Waals surface area contributed by atoms with E-state index < -0.39 is 21.3 Å². The summed E-state index contributed by atoms with van der Waals surface area (Å²) < 4.78 is 33.7. The van der Waals surface area contributed by atoms with Gasteiger partial charge in [0.2, 0.25) is 11.9 Å². The number of fused-ring (bicyclic) bond motifs is 1. The number of aryl methyl sites for hydroxylation is 1. The quantitative estimate of drug-likeness (QED) is 0.671. The highest BCUT2D eigenvalue weighted by Crippen LogP contribution is 2.33. The van der Waals surface area contributed by atoms with Crippen molar-refractivity contribution in [2.24, 2.45) is 4.99 Å². The highest BCUT2D eigenvalue weighted by atomic mass is 35.5. The maximum absolute atomic E-state index is 13.1. The molecule has 1 N–H and O–H groups in total. The molecular weight excluding hydrogens is 454 g/mol. The lowest BCUT2D eigenvalue weighted by Crippen LogP contribution is -2.54. The monoisotopic (exact) mass is 469 g/mol. The number of amides is 1. The molecule has 0 fully saturated rings. The standard InChI is InChI=1S/C18H16ClN3O4S3/c1-10-6-15(14(27)7-12(10)19)29(24,25)21-18-20-13-3-5-28-16(13)17(23)22(18)8-11-2-4-26-9-11/h2-7,9,13,16,27H,8H2,1H3,(H,20,21). The number of halogens is 1. The molecule has 3 heterocycles. The van der Waals surface area contributed by atoms with E-state index in [4.69, 9.17) is 16.0 Å². The van der Waals surface area contributed by atoms with Gasteiger partial charge in [-0.1, -0.05) is 17.7 Å². The lowest BCUT2D eigenvalue weighted by Gasteiger charge is -2.32. The van der Waals surface area contributed by atoms with Crippen molar-refractivity contribution in [1.29, 1.82) is 0 Å². The minimum Gasteiger partial charge on any atom is -0.472 e. The van der Waals surface area contributed by atoms with Crippen molar-refractivity contribution in [3.8, 4) is 0 Å². The Kier molecular flexibility index (Phi) is 5.45. The Morgan fingerprint density at radius 3 is 2.93 bits per heavy atom. The van der Waals surface area contributed by atoms with Crippen LogP contribution in [0.2, 0.25) is 5.02 Å². The van der Waals surface area contributed by atoms with E-state index in [1.807, 2.05) is 0 Å². The Balaban J connectivity index is 1.71. The molecular formula is C18H16ClN3O4S3. The fraction of sp³-hybridized carbons (Fsp3) is 0.222. The van der Waals surface area contributed by atoms with Crippen LogP contribution >= 0.6 is 36.0 Å². The predicted molar refractivity (Wildman–Crippen MR) is 115 cm³/mol. The average molecular weight is 470 g/mol. The van der Waals surface area contributed by atoms with Gasteiger partial charge in [0.25, 0.3) is 10.0 Å². The average Bonchev–Trinajstić information content (AvgIpc) is 3.32. The number of thiol groups is 1. The van der Waals surface area contributed by atoms with Crippen LogP contribution in [0.25, 0.3) is 0 Å². The van der Waals surface area contributed by atoms with Crippen molar-refractivity contribution in [3.05, 3.63) is 58.4 Å². The summed E-state index contributed by atoms with van der Waals surface area (Å²) in [6, 6.07) is 4.19. The molecule has 0 radical (unpaired) electrons. The van der Waals surface area contributed by atoms with Gasteiger partial charge in [0.1, 0.15) is 10.1 Å². The van der Waals surface area contributed by atoms with Crippen molar-refractivity contribution in [2.45, 2.75) is 34.6 Å². The number of hydrogen-bond donors (Lipinski definition) is 2. The van der Waals surface area contributed by atoms with E-state index in [0.29, 0.717) is 10.6 Å². The van der Waals surface area contributed by atoms with Gasteiger partial charge in [-0.25, -0.2) is 18.1 Å². The molecule has 0 spiro atoms. The molecule has 1 aromatic carbocycles. The summed E-state index contributed by atoms with van der Waals surface area (Å²) in [4.78, 5) is 19.0. The van der Waals surface area contributed by atoms with Crippen LogP contribution < -0.4 is 4.72 Å². The number of carbonyl (C=O) groups excluding carboxylic acids is 1. The molecule has 11 heteroatoms. The number of benzene rings is 1. The molecule has 1 aromatic heterocycles. The van der Waals surface area contributed by atoms with Crippen LogP contribution in [0.1, 0.15) is 11.1 Å². The van der Waals surface area contributed by atoms with Crippen LogP contribution in [0.3, 0.4) is 0 Å². The molecule has 2 aliphatic heterocycles. The van der Waals surface area contributed by atoms with Gasteiger partial charge < -0.3 is 4.42 Å². The van der Waals surface area contributed by atoms with E-state index in [-0.39, 0.29) is 28.2 Å². The van der Waals surface area contributed by atoms with Crippen LogP contribution in [0.5, 0.6) is 0 Å². The van der Waals surface area contributed by atoms with Crippen molar-refractivity contribution in [3.63, 3.8) is 0 Å². The number of aliphatic imine (C=N–C) groups is 1. The summed E-state index contributed by atoms with van der Waals surface area (Å²) in [6.45, 7) is 1.83. The third-order valence-corrected chi connectivity index (χ3v) is 7.91. The number of nitrogens with one attached hydrogen (secondary N) is 1. The van der Waals surface area contributed by atoms with Gasteiger partial charge in [0.05, 0.1) is 25.1 Å². The van der Waals surface area contributed by atoms with E-state index in [0.717, 1.165) is 5.56 Å². The normalized spacial score (nSPS) is 21.3. The summed E-state index contributed by atoms with van der Waals surface area (Å²) in [5, 5.41) is 1.81. The van der Waals surface area contributed by atoms with E-state index in [2.05, 4.69) is 22.3 Å². The summed E-state index contributed by atoms with van der Waals surface area (Å²) in [5.74, 6) is -0.262. The molecule has 4 rings (SSSR count). The van der Waals surface area contributed by atoms with Crippen LogP contribution in [0, 0.1) is 6.92 Å². The fourth-order valence-electron chi connectivity index (χ4n) is 3.01. The first kappa shape index (κ1) is 20.4. The molecule has 1 amide bonds. The minimum atomic E-state index is -4.06. The number of thioether (sulfide) groups is 1. The van der Waals surface area contributed by atoms with Gasteiger partial charge in [-0.05, 0) is 36.1 Å². The zero-order chi connectivity index (χ0) is 20.8. The van der Waals surface area contributed by atoms with E-state index in [9.17, 15) is 13.2 Å². The highest BCUT2D eigenvalue weighted by molar-refractivity contribution is 8.03. The molecule has 2 aliphatic rings. The van der Waals surface area contributed by atoms with E-state index in [1.165, 1.54) is 41.3 Å². The molecule has 0 saturated heterocycles. The van der Waals surface area contributed by atoms with Crippen LogP contribution in [-0.2, 0) is 21.4 Å². The number of nitrogens with zero attached hydrogens (tertiary/aromatic N) is 2. The zero-order valence-electron chi connectivity index (χ0n) is 15.1. The maximum atomic E-state index is 13.1. The minimum absolute atomic E-state index is 0.0371. The second-order valence-corrected chi connectivity index (χ2v) is 10.2. The summed E-state index contributed by atoms with van der Waals surface area (Å²) in [7, 11) is -4.06. The first-order chi connectivity index (χ1) is 13.8. The number of hydrogen-bond acceptors (Lipinski definition) is 7. The predicted octanol–water partition coefficient (Wildman–Crippen LogP) is 3.20. The SMILES string of the molecule is Cc1cc(S(=O)(=O)NC2=NC3C=CSC3C(=O)N2Cc2ccoc2)c(S)cc1Cl. The van der Waals surface area contributed by atoms with E-state index >= 15 is 0 Å². The van der Waals surface area contributed by atoms with Crippen molar-refractivity contribution >= 4 is 57.9 Å². The molecule has 2 unspecified atom stereocenters. The number of rotatable bonds is 4. The molecule has 0 saturated carbocycles. The zero-order valence-corrected chi connectivity index (χ0v) is 18.4. The molecule has 29 heavy (non-hydrogen) atoms. The van der Waals surface area contributed by atoms with Crippen molar-refractivity contribution < 1.29 is 17.6 Å². The highest BCUT2D eigenvalue weighted by Gasteiger charge is 2.41. The van der Waals surface area contributed by atoms with Gasteiger partial charge in [-0.3, -0.25) is 9.69 Å². The van der Waals surface area contributed by atoms with Gasteiger partial charge in [0, 0.05) is 15.5 Å². The third-order valence-electron chi connectivity index (χ3n) is 4.52. The summed E-state index contributed by atoms with van der Waals surface area (Å²) >= 11 is 11.7. The summed E-state index contributed by atoms with van der Waals surface area (Å²) in [6.07, 6.45) is 4.77. The second kappa shape index (κ2) is 7.75. The van der Waals surface area contributed by atoms with Crippen LogP contribution in [0.4, 0.5) is 0 Å². The number of guanidine groups is 1. The fourth-order valence-corrected chi connectivity index (χ4v) is 5.96. The Hall–Kier alpha value is -1.88. The molecule has 0 bridgehead atoms. The maximum Gasteiger partial charge on any atom is 0.265 e. The van der Waals surface area contributed by atoms with Gasteiger partial charge in [-0.2, -0.15) is 0 Å². The Morgan fingerprint density at radius 1 is 1.41 bits per heavy atom. The third kappa shape index (κ3) is 3.94. The first-order valence-corrected chi connectivity index (χ1v) is 11.8. The first-order valence-electron chi connectivity index (χ1n) is 8.50. The number of furan rings is 1. The number of carbonyl (C=O) groups is 1. The Labute approximate surface area is 182 Å². The molecule has 2 aromatic rings. The van der Waals surface area contributed by atoms with Gasteiger partial charge >= 0.3 is 0 Å². The Bertz CT molecular complexity index is 1130. The summed E-state index contributed by atoms with van der Waals surface area (Å²) in [5.41, 5.74) is 1.31. The lowest BCUT2D eigenvalue weighted by molar-refractivity contribution is -0.128. The largest absolute Gasteiger partial charge is 0.472 e. The smallest absolute Gasteiger partial charge is 0.265 e. The lowest BCUT2D eigenvalue weighted by atomic mass is 10.1. The molecule has 7 nitrogen and oxygen atoms in total.